The Bertz CT molecular complexity index is 1010. The van der Waals surface area contributed by atoms with E-state index in [0.717, 1.165) is 17.5 Å². The summed E-state index contributed by atoms with van der Waals surface area (Å²) in [5.74, 6) is -0.834. The molecular formula is C19H21N5O3. The molecule has 0 bridgehead atoms. The quantitative estimate of drug-likeness (QED) is 0.645. The van der Waals surface area contributed by atoms with Crippen LogP contribution in [0.4, 0.5) is 0 Å². The summed E-state index contributed by atoms with van der Waals surface area (Å²) in [7, 11) is 0. The lowest BCUT2D eigenvalue weighted by Crippen LogP contribution is -2.42. The molecule has 2 heterocycles. The molecule has 0 spiro atoms. The molecule has 2 aromatic heterocycles. The summed E-state index contributed by atoms with van der Waals surface area (Å²) in [6.07, 6.45) is 3.87. The average Bonchev–Trinajstić information content (AvgIpc) is 2.97. The molecule has 2 N–H and O–H groups in total. The first kappa shape index (κ1) is 18.4. The van der Waals surface area contributed by atoms with Crippen LogP contribution in [0.2, 0.25) is 0 Å². The molecule has 0 aliphatic carbocycles. The number of fused-ring (bicyclic) bond motifs is 1. The topological polar surface area (TPSA) is 98.0 Å². The van der Waals surface area contributed by atoms with Crippen LogP contribution >= 0.6 is 0 Å². The molecule has 8 heteroatoms. The van der Waals surface area contributed by atoms with E-state index in [1.54, 1.807) is 27.5 Å². The number of nitrogens with zero attached hydrogens (tertiary/aromatic N) is 3. The fraction of sp³-hybridized carbons (Fsp3) is 0.263. The third kappa shape index (κ3) is 4.05. The summed E-state index contributed by atoms with van der Waals surface area (Å²) < 4.78 is 3.31. The number of rotatable bonds is 6. The number of hydrogen-bond acceptors (Lipinski definition) is 4. The standard InChI is InChI=1S/C19H21N5O3/c1-2-11-23-15-7-3-4-8-16(15)24(19(23)27)12-9-17(25)21-22-18(26)14-6-5-10-20-13-14/h3-8,10,13H,2,9,11-12H2,1H3,(H,21,25)(H,22,26). The molecule has 3 rings (SSSR count). The van der Waals surface area contributed by atoms with Crippen molar-refractivity contribution < 1.29 is 9.59 Å². The number of aromatic nitrogens is 3. The van der Waals surface area contributed by atoms with Crippen molar-refractivity contribution in [2.24, 2.45) is 0 Å². The van der Waals surface area contributed by atoms with Crippen LogP contribution in [0.5, 0.6) is 0 Å². The maximum absolute atomic E-state index is 12.7. The van der Waals surface area contributed by atoms with Gasteiger partial charge in [-0.2, -0.15) is 0 Å². The maximum atomic E-state index is 12.7. The zero-order chi connectivity index (χ0) is 19.2. The number of hydrazine groups is 1. The molecule has 0 saturated heterocycles. The smallest absolute Gasteiger partial charge is 0.292 e. The number of amides is 2. The second-order valence-electron chi connectivity index (χ2n) is 6.07. The first-order chi connectivity index (χ1) is 13.1. The van der Waals surface area contributed by atoms with Gasteiger partial charge in [0.25, 0.3) is 5.91 Å². The Balaban J connectivity index is 1.65. The van der Waals surface area contributed by atoms with Gasteiger partial charge in [-0.15, -0.1) is 0 Å². The number of hydrogen-bond donors (Lipinski definition) is 2. The summed E-state index contributed by atoms with van der Waals surface area (Å²) >= 11 is 0. The predicted octanol–water partition coefficient (Wildman–Crippen LogP) is 1.46. The van der Waals surface area contributed by atoms with Crippen molar-refractivity contribution in [1.29, 1.82) is 0 Å². The maximum Gasteiger partial charge on any atom is 0.329 e. The van der Waals surface area contributed by atoms with Gasteiger partial charge in [-0.05, 0) is 30.7 Å². The summed E-state index contributed by atoms with van der Waals surface area (Å²) in [5.41, 5.74) is 6.56. The van der Waals surface area contributed by atoms with Crippen molar-refractivity contribution in [3.05, 3.63) is 64.8 Å². The third-order valence-corrected chi connectivity index (χ3v) is 4.17. The lowest BCUT2D eigenvalue weighted by Gasteiger charge is -2.07. The van der Waals surface area contributed by atoms with Gasteiger partial charge in [0, 0.05) is 31.9 Å². The van der Waals surface area contributed by atoms with E-state index in [9.17, 15) is 14.4 Å². The highest BCUT2D eigenvalue weighted by Crippen LogP contribution is 2.13. The Morgan fingerprint density at radius 3 is 2.33 bits per heavy atom. The highest BCUT2D eigenvalue weighted by Gasteiger charge is 2.13. The van der Waals surface area contributed by atoms with Crippen molar-refractivity contribution in [3.63, 3.8) is 0 Å². The van der Waals surface area contributed by atoms with E-state index in [2.05, 4.69) is 15.8 Å². The molecule has 0 fully saturated rings. The van der Waals surface area contributed by atoms with Crippen LogP contribution in [0.3, 0.4) is 0 Å². The van der Waals surface area contributed by atoms with Crippen molar-refractivity contribution in [1.82, 2.24) is 25.0 Å². The van der Waals surface area contributed by atoms with Crippen LogP contribution in [-0.4, -0.2) is 25.9 Å². The van der Waals surface area contributed by atoms with E-state index in [4.69, 9.17) is 0 Å². The summed E-state index contributed by atoms with van der Waals surface area (Å²) in [5, 5.41) is 0. The minimum absolute atomic E-state index is 0.0629. The fourth-order valence-corrected chi connectivity index (χ4v) is 2.90. The van der Waals surface area contributed by atoms with Crippen LogP contribution in [0.15, 0.2) is 53.6 Å². The Kier molecular flexibility index (Phi) is 5.65. The summed E-state index contributed by atoms with van der Waals surface area (Å²) in [6.45, 7) is 2.86. The average molecular weight is 367 g/mol. The summed E-state index contributed by atoms with van der Waals surface area (Å²) in [6, 6.07) is 10.7. The number of aryl methyl sites for hydroxylation is 2. The first-order valence-electron chi connectivity index (χ1n) is 8.79. The van der Waals surface area contributed by atoms with E-state index < -0.39 is 5.91 Å². The molecule has 3 aromatic rings. The van der Waals surface area contributed by atoms with E-state index in [0.29, 0.717) is 12.1 Å². The van der Waals surface area contributed by atoms with E-state index >= 15 is 0 Å². The van der Waals surface area contributed by atoms with Gasteiger partial charge in [0.2, 0.25) is 5.91 Å². The SMILES string of the molecule is CCCn1c(=O)n(CCC(=O)NNC(=O)c2cccnc2)c2ccccc21. The van der Waals surface area contributed by atoms with Gasteiger partial charge in [0.1, 0.15) is 0 Å². The molecular weight excluding hydrogens is 346 g/mol. The molecule has 0 aliphatic heterocycles. The molecule has 1 aromatic carbocycles. The third-order valence-electron chi connectivity index (χ3n) is 4.17. The highest BCUT2D eigenvalue weighted by atomic mass is 16.2. The van der Waals surface area contributed by atoms with Crippen molar-refractivity contribution in [2.75, 3.05) is 0 Å². The largest absolute Gasteiger partial charge is 0.329 e. The van der Waals surface area contributed by atoms with E-state index in [1.807, 2.05) is 31.2 Å². The number of imidazole rings is 1. The second kappa shape index (κ2) is 8.31. The first-order valence-corrected chi connectivity index (χ1v) is 8.79. The van der Waals surface area contributed by atoms with Gasteiger partial charge in [0.15, 0.2) is 0 Å². The van der Waals surface area contributed by atoms with Gasteiger partial charge >= 0.3 is 5.69 Å². The van der Waals surface area contributed by atoms with E-state index in [1.165, 1.54) is 6.20 Å². The minimum Gasteiger partial charge on any atom is -0.292 e. The van der Waals surface area contributed by atoms with Crippen molar-refractivity contribution >= 4 is 22.8 Å². The fourth-order valence-electron chi connectivity index (χ4n) is 2.90. The van der Waals surface area contributed by atoms with E-state index in [-0.39, 0.29) is 24.6 Å². The molecule has 8 nitrogen and oxygen atoms in total. The zero-order valence-electron chi connectivity index (χ0n) is 15.0. The molecule has 140 valence electrons. The number of carbonyl (C=O) groups excluding carboxylic acids is 2. The van der Waals surface area contributed by atoms with Crippen molar-refractivity contribution in [2.45, 2.75) is 32.9 Å². The Labute approximate surface area is 155 Å². The number of pyridine rings is 1. The highest BCUT2D eigenvalue weighted by molar-refractivity contribution is 5.95. The lowest BCUT2D eigenvalue weighted by molar-refractivity contribution is -0.122. The van der Waals surface area contributed by atoms with Gasteiger partial charge in [-0.25, -0.2) is 4.79 Å². The molecule has 0 saturated carbocycles. The molecule has 0 atom stereocenters. The van der Waals surface area contributed by atoms with Crippen LogP contribution < -0.4 is 16.5 Å². The number of benzene rings is 1. The predicted molar refractivity (Wildman–Crippen MR) is 101 cm³/mol. The number of nitrogens with one attached hydrogen (secondary N) is 2. The Morgan fingerprint density at radius 2 is 1.70 bits per heavy atom. The molecule has 0 unspecified atom stereocenters. The van der Waals surface area contributed by atoms with Gasteiger partial charge in [0.05, 0.1) is 16.6 Å². The molecule has 0 radical (unpaired) electrons. The molecule has 0 aliphatic rings. The normalized spacial score (nSPS) is 10.7. The lowest BCUT2D eigenvalue weighted by atomic mass is 10.3. The number of carbonyl (C=O) groups is 2. The Morgan fingerprint density at radius 1 is 1.00 bits per heavy atom. The van der Waals surface area contributed by atoms with Crippen LogP contribution in [0, 0.1) is 0 Å². The number of para-hydroxylation sites is 2. The second-order valence-corrected chi connectivity index (χ2v) is 6.07. The van der Waals surface area contributed by atoms with Crippen molar-refractivity contribution in [3.8, 4) is 0 Å². The van der Waals surface area contributed by atoms with Crippen LogP contribution in [-0.2, 0) is 17.9 Å². The van der Waals surface area contributed by atoms with Crippen LogP contribution in [0.25, 0.3) is 11.0 Å². The minimum atomic E-state index is -0.451. The zero-order valence-corrected chi connectivity index (χ0v) is 15.0. The Hall–Kier alpha value is -3.42. The molecule has 27 heavy (non-hydrogen) atoms. The van der Waals surface area contributed by atoms with Gasteiger partial charge < -0.3 is 0 Å². The monoisotopic (exact) mass is 367 g/mol. The molecule has 2 amide bonds. The summed E-state index contributed by atoms with van der Waals surface area (Å²) in [4.78, 5) is 40.5. The van der Waals surface area contributed by atoms with Gasteiger partial charge in [-0.3, -0.25) is 34.6 Å². The van der Waals surface area contributed by atoms with Crippen LogP contribution in [0.1, 0.15) is 30.1 Å². The van der Waals surface area contributed by atoms with Gasteiger partial charge in [-0.1, -0.05) is 19.1 Å².